The number of hydrogen-bond donors (Lipinski definition) is 1. The van der Waals surface area contributed by atoms with Gasteiger partial charge in [-0.05, 0) is 30.9 Å². The SMILES string of the molecule is O=C(O)C1N=CN2c3ncccc3CCCC12. The van der Waals surface area contributed by atoms with Crippen molar-refractivity contribution in [3.63, 3.8) is 0 Å². The smallest absolute Gasteiger partial charge is 0.330 e. The summed E-state index contributed by atoms with van der Waals surface area (Å²) in [6, 6.07) is 3.24. The quantitative estimate of drug-likeness (QED) is 0.785. The first-order valence-corrected chi connectivity index (χ1v) is 5.76. The van der Waals surface area contributed by atoms with Crippen LogP contribution in [-0.4, -0.2) is 34.5 Å². The van der Waals surface area contributed by atoms with Crippen LogP contribution in [0, 0.1) is 0 Å². The molecule has 0 amide bonds. The number of nitrogens with zero attached hydrogens (tertiary/aromatic N) is 3. The summed E-state index contributed by atoms with van der Waals surface area (Å²) in [5.41, 5.74) is 1.17. The Morgan fingerprint density at radius 3 is 3.24 bits per heavy atom. The fourth-order valence-electron chi connectivity index (χ4n) is 2.58. The fourth-order valence-corrected chi connectivity index (χ4v) is 2.58. The van der Waals surface area contributed by atoms with Crippen molar-refractivity contribution in [2.24, 2.45) is 4.99 Å². The highest BCUT2D eigenvalue weighted by Gasteiger charge is 2.38. The number of anilines is 1. The van der Waals surface area contributed by atoms with E-state index >= 15 is 0 Å². The normalized spacial score (nSPS) is 26.2. The average Bonchev–Trinajstić information content (AvgIpc) is 2.66. The van der Waals surface area contributed by atoms with Gasteiger partial charge in [0, 0.05) is 6.20 Å². The van der Waals surface area contributed by atoms with Gasteiger partial charge in [-0.2, -0.15) is 0 Å². The standard InChI is InChI=1S/C12H13N3O2/c16-12(17)10-9-5-1-3-8-4-2-6-13-11(8)15(9)7-14-10/h2,4,6-7,9-10H,1,3,5H2,(H,16,17). The lowest BCUT2D eigenvalue weighted by atomic mass is 10.0. The molecule has 0 bridgehead atoms. The number of hydrogen-bond acceptors (Lipinski definition) is 4. The van der Waals surface area contributed by atoms with Crippen LogP contribution in [0.25, 0.3) is 0 Å². The number of carbonyl (C=O) groups is 1. The van der Waals surface area contributed by atoms with Crippen LogP contribution in [0.2, 0.25) is 0 Å². The highest BCUT2D eigenvalue weighted by molar-refractivity contribution is 5.89. The van der Waals surface area contributed by atoms with E-state index in [1.807, 2.05) is 17.0 Å². The van der Waals surface area contributed by atoms with E-state index < -0.39 is 12.0 Å². The number of rotatable bonds is 1. The van der Waals surface area contributed by atoms with Crippen molar-refractivity contribution in [2.45, 2.75) is 31.3 Å². The lowest BCUT2D eigenvalue weighted by Crippen LogP contribution is -2.40. The molecule has 0 saturated heterocycles. The molecule has 0 fully saturated rings. The molecule has 5 heteroatoms. The van der Waals surface area contributed by atoms with Crippen LogP contribution in [0.1, 0.15) is 18.4 Å². The zero-order valence-electron chi connectivity index (χ0n) is 9.28. The first kappa shape index (κ1) is 10.3. The largest absolute Gasteiger partial charge is 0.480 e. The van der Waals surface area contributed by atoms with E-state index in [2.05, 4.69) is 9.98 Å². The van der Waals surface area contributed by atoms with Gasteiger partial charge in [-0.15, -0.1) is 0 Å². The summed E-state index contributed by atoms with van der Waals surface area (Å²) in [4.78, 5) is 21.5. The molecule has 17 heavy (non-hydrogen) atoms. The number of pyridine rings is 1. The second-order valence-corrected chi connectivity index (χ2v) is 4.40. The van der Waals surface area contributed by atoms with Crippen LogP contribution in [0.4, 0.5) is 5.82 Å². The molecule has 1 aromatic rings. The fraction of sp³-hybridized carbons (Fsp3) is 0.417. The number of aromatic nitrogens is 1. The van der Waals surface area contributed by atoms with Crippen LogP contribution in [0.15, 0.2) is 23.3 Å². The predicted octanol–water partition coefficient (Wildman–Crippen LogP) is 1.09. The minimum Gasteiger partial charge on any atom is -0.480 e. The molecule has 1 N–H and O–H groups in total. The molecule has 1 aromatic heterocycles. The summed E-state index contributed by atoms with van der Waals surface area (Å²) < 4.78 is 0. The molecule has 2 aliphatic rings. The molecule has 0 aliphatic carbocycles. The summed E-state index contributed by atoms with van der Waals surface area (Å²) in [6.45, 7) is 0. The van der Waals surface area contributed by atoms with Gasteiger partial charge in [0.05, 0.1) is 12.4 Å². The van der Waals surface area contributed by atoms with Crippen molar-refractivity contribution in [1.29, 1.82) is 0 Å². The van der Waals surface area contributed by atoms with Gasteiger partial charge in [0.15, 0.2) is 6.04 Å². The second kappa shape index (κ2) is 3.84. The maximum absolute atomic E-state index is 11.1. The monoisotopic (exact) mass is 231 g/mol. The third-order valence-electron chi connectivity index (χ3n) is 3.38. The number of aliphatic carboxylic acids is 1. The lowest BCUT2D eigenvalue weighted by molar-refractivity contribution is -0.138. The Balaban J connectivity index is 2.01. The third kappa shape index (κ3) is 1.58. The van der Waals surface area contributed by atoms with E-state index in [0.717, 1.165) is 25.1 Å². The van der Waals surface area contributed by atoms with Gasteiger partial charge in [-0.25, -0.2) is 9.78 Å². The predicted molar refractivity (Wildman–Crippen MR) is 63.4 cm³/mol. The number of aryl methyl sites for hydroxylation is 1. The molecule has 0 radical (unpaired) electrons. The maximum Gasteiger partial charge on any atom is 0.330 e. The van der Waals surface area contributed by atoms with Crippen LogP contribution < -0.4 is 4.90 Å². The zero-order chi connectivity index (χ0) is 11.8. The molecule has 2 atom stereocenters. The van der Waals surface area contributed by atoms with Crippen LogP contribution >= 0.6 is 0 Å². The Kier molecular flexibility index (Phi) is 2.31. The first-order chi connectivity index (χ1) is 8.27. The summed E-state index contributed by atoms with van der Waals surface area (Å²) >= 11 is 0. The number of carboxylic acid groups (broad SMARTS) is 1. The lowest BCUT2D eigenvalue weighted by Gasteiger charge is -2.24. The average molecular weight is 231 g/mol. The molecule has 3 heterocycles. The number of aliphatic imine (C=N–C) groups is 1. The molecule has 2 unspecified atom stereocenters. The molecule has 3 rings (SSSR count). The molecular formula is C12H13N3O2. The minimum absolute atomic E-state index is 0.0800. The van der Waals surface area contributed by atoms with Gasteiger partial charge >= 0.3 is 5.97 Å². The van der Waals surface area contributed by atoms with Crippen LogP contribution in [0.5, 0.6) is 0 Å². The number of carboxylic acids is 1. The highest BCUT2D eigenvalue weighted by atomic mass is 16.4. The Labute approximate surface area is 98.8 Å². The summed E-state index contributed by atoms with van der Waals surface area (Å²) in [5.74, 6) is 0.00984. The zero-order valence-corrected chi connectivity index (χ0v) is 9.28. The van der Waals surface area contributed by atoms with Gasteiger partial charge in [-0.3, -0.25) is 4.99 Å². The van der Waals surface area contributed by atoms with Crippen molar-refractivity contribution in [3.8, 4) is 0 Å². The van der Waals surface area contributed by atoms with E-state index in [4.69, 9.17) is 5.11 Å². The van der Waals surface area contributed by atoms with Crippen LogP contribution in [-0.2, 0) is 11.2 Å². The van der Waals surface area contributed by atoms with Gasteiger partial charge in [0.1, 0.15) is 5.82 Å². The Morgan fingerprint density at radius 2 is 2.41 bits per heavy atom. The van der Waals surface area contributed by atoms with E-state index in [9.17, 15) is 4.79 Å². The van der Waals surface area contributed by atoms with Crippen molar-refractivity contribution in [1.82, 2.24) is 4.98 Å². The summed E-state index contributed by atoms with van der Waals surface area (Å²) in [6.07, 6.45) is 6.14. The summed E-state index contributed by atoms with van der Waals surface area (Å²) in [7, 11) is 0. The summed E-state index contributed by atoms with van der Waals surface area (Å²) in [5, 5.41) is 9.13. The van der Waals surface area contributed by atoms with Crippen LogP contribution in [0.3, 0.4) is 0 Å². The Hall–Kier alpha value is -1.91. The van der Waals surface area contributed by atoms with Gasteiger partial charge in [0.2, 0.25) is 0 Å². The third-order valence-corrected chi connectivity index (χ3v) is 3.38. The van der Waals surface area contributed by atoms with E-state index in [-0.39, 0.29) is 6.04 Å². The van der Waals surface area contributed by atoms with Gasteiger partial charge in [-0.1, -0.05) is 6.07 Å². The molecule has 0 spiro atoms. The Morgan fingerprint density at radius 1 is 1.53 bits per heavy atom. The van der Waals surface area contributed by atoms with Crippen molar-refractivity contribution in [2.75, 3.05) is 4.90 Å². The first-order valence-electron chi connectivity index (χ1n) is 5.76. The topological polar surface area (TPSA) is 65.8 Å². The molecule has 0 saturated carbocycles. The second-order valence-electron chi connectivity index (χ2n) is 4.40. The highest BCUT2D eigenvalue weighted by Crippen LogP contribution is 2.31. The van der Waals surface area contributed by atoms with E-state index in [1.165, 1.54) is 5.56 Å². The van der Waals surface area contributed by atoms with E-state index in [1.54, 1.807) is 12.5 Å². The molecule has 88 valence electrons. The van der Waals surface area contributed by atoms with Crippen molar-refractivity contribution >= 4 is 18.1 Å². The van der Waals surface area contributed by atoms with Gasteiger partial charge in [0.25, 0.3) is 0 Å². The molecular weight excluding hydrogens is 218 g/mol. The number of fused-ring (bicyclic) bond motifs is 3. The molecule has 0 aromatic carbocycles. The Bertz CT molecular complexity index is 486. The van der Waals surface area contributed by atoms with E-state index in [0.29, 0.717) is 0 Å². The minimum atomic E-state index is -0.854. The maximum atomic E-state index is 11.1. The van der Waals surface area contributed by atoms with Gasteiger partial charge < -0.3 is 10.0 Å². The van der Waals surface area contributed by atoms with Crippen molar-refractivity contribution in [3.05, 3.63) is 23.9 Å². The molecule has 5 nitrogen and oxygen atoms in total. The molecule has 2 aliphatic heterocycles. The van der Waals surface area contributed by atoms with Crippen molar-refractivity contribution < 1.29 is 9.90 Å².